The standard InChI is InChI=1S/C16H15IN2O3/c17-13-7-4-8-14(9-13)19-15(20)10-18-16(21)22-11-12-5-2-1-3-6-12/h1-9H,10-11H2,(H,18,21)(H,19,20). The molecule has 0 fully saturated rings. The summed E-state index contributed by atoms with van der Waals surface area (Å²) in [5.74, 6) is -0.307. The molecule has 0 radical (unpaired) electrons. The summed E-state index contributed by atoms with van der Waals surface area (Å²) in [6.45, 7) is 0.0320. The third kappa shape index (κ3) is 5.72. The first kappa shape index (κ1) is 16.3. The van der Waals surface area contributed by atoms with Crippen LogP contribution in [0.5, 0.6) is 0 Å². The molecule has 0 aliphatic heterocycles. The first-order valence-electron chi connectivity index (χ1n) is 6.63. The fourth-order valence-electron chi connectivity index (χ4n) is 1.70. The first-order valence-corrected chi connectivity index (χ1v) is 7.71. The Kier molecular flexibility index (Phi) is 6.20. The smallest absolute Gasteiger partial charge is 0.407 e. The highest BCUT2D eigenvalue weighted by Gasteiger charge is 2.07. The summed E-state index contributed by atoms with van der Waals surface area (Å²) in [4.78, 5) is 23.2. The number of alkyl carbamates (subject to hydrolysis) is 1. The van der Waals surface area contributed by atoms with Crippen molar-refractivity contribution in [3.63, 3.8) is 0 Å². The highest BCUT2D eigenvalue weighted by atomic mass is 127. The van der Waals surface area contributed by atoms with Gasteiger partial charge in [-0.05, 0) is 46.4 Å². The van der Waals surface area contributed by atoms with Crippen molar-refractivity contribution in [2.24, 2.45) is 0 Å². The maximum absolute atomic E-state index is 11.7. The van der Waals surface area contributed by atoms with Gasteiger partial charge >= 0.3 is 6.09 Å². The van der Waals surface area contributed by atoms with Crippen LogP contribution in [0, 0.1) is 3.57 Å². The Morgan fingerprint density at radius 1 is 1.05 bits per heavy atom. The normalized spacial score (nSPS) is 9.86. The lowest BCUT2D eigenvalue weighted by Gasteiger charge is -2.08. The van der Waals surface area contributed by atoms with Crippen LogP contribution in [0.25, 0.3) is 0 Å². The number of hydrogen-bond acceptors (Lipinski definition) is 3. The largest absolute Gasteiger partial charge is 0.445 e. The average Bonchev–Trinajstić information content (AvgIpc) is 2.52. The van der Waals surface area contributed by atoms with E-state index >= 15 is 0 Å². The van der Waals surface area contributed by atoms with Crippen LogP contribution in [0.3, 0.4) is 0 Å². The summed E-state index contributed by atoms with van der Waals surface area (Å²) in [6, 6.07) is 16.7. The molecule has 0 saturated carbocycles. The Hall–Kier alpha value is -2.09. The predicted octanol–water partition coefficient (Wildman–Crippen LogP) is 3.16. The van der Waals surface area contributed by atoms with Crippen LogP contribution in [0.1, 0.15) is 5.56 Å². The lowest BCUT2D eigenvalue weighted by atomic mass is 10.2. The van der Waals surface area contributed by atoms with Crippen molar-refractivity contribution >= 4 is 40.3 Å². The summed E-state index contributed by atoms with van der Waals surface area (Å²) in [5.41, 5.74) is 1.58. The highest BCUT2D eigenvalue weighted by Crippen LogP contribution is 2.11. The Labute approximate surface area is 142 Å². The van der Waals surface area contributed by atoms with Gasteiger partial charge in [-0.15, -0.1) is 0 Å². The van der Waals surface area contributed by atoms with Gasteiger partial charge in [0.15, 0.2) is 0 Å². The SMILES string of the molecule is O=C(CNC(=O)OCc1ccccc1)Nc1cccc(I)c1. The fourth-order valence-corrected chi connectivity index (χ4v) is 2.24. The van der Waals surface area contributed by atoms with E-state index in [1.54, 1.807) is 6.07 Å². The quantitative estimate of drug-likeness (QED) is 0.745. The van der Waals surface area contributed by atoms with Crippen LogP contribution in [-0.2, 0) is 16.1 Å². The summed E-state index contributed by atoms with van der Waals surface area (Å²) in [7, 11) is 0. The number of halogens is 1. The molecule has 0 atom stereocenters. The topological polar surface area (TPSA) is 67.4 Å². The number of ether oxygens (including phenoxy) is 1. The number of carbonyl (C=O) groups excluding carboxylic acids is 2. The fraction of sp³-hybridized carbons (Fsp3) is 0.125. The molecule has 0 heterocycles. The van der Waals surface area contributed by atoms with Crippen LogP contribution >= 0.6 is 22.6 Å². The number of anilines is 1. The molecule has 0 aliphatic carbocycles. The van der Waals surface area contributed by atoms with E-state index in [1.165, 1.54) is 0 Å². The zero-order valence-corrected chi connectivity index (χ0v) is 13.9. The third-order valence-corrected chi connectivity index (χ3v) is 3.39. The molecule has 6 heteroatoms. The molecule has 0 aliphatic rings. The minimum Gasteiger partial charge on any atom is -0.445 e. The van der Waals surface area contributed by atoms with Crippen LogP contribution in [0.15, 0.2) is 54.6 Å². The van der Waals surface area contributed by atoms with Crippen molar-refractivity contribution < 1.29 is 14.3 Å². The first-order chi connectivity index (χ1) is 10.6. The number of benzene rings is 2. The summed E-state index contributed by atoms with van der Waals surface area (Å²) >= 11 is 2.16. The number of hydrogen-bond donors (Lipinski definition) is 2. The highest BCUT2D eigenvalue weighted by molar-refractivity contribution is 14.1. The van der Waals surface area contributed by atoms with Crippen molar-refractivity contribution in [1.29, 1.82) is 0 Å². The summed E-state index contributed by atoms with van der Waals surface area (Å²) in [6.07, 6.45) is -0.623. The average molecular weight is 410 g/mol. The molecule has 22 heavy (non-hydrogen) atoms. The predicted molar refractivity (Wildman–Crippen MR) is 92.4 cm³/mol. The maximum atomic E-state index is 11.7. The van der Waals surface area contributed by atoms with Gasteiger partial charge in [-0.2, -0.15) is 0 Å². The molecular formula is C16H15IN2O3. The van der Waals surface area contributed by atoms with E-state index in [1.807, 2.05) is 48.5 Å². The minimum atomic E-state index is -0.623. The molecule has 2 aromatic carbocycles. The van der Waals surface area contributed by atoms with Crippen LogP contribution < -0.4 is 10.6 Å². The lowest BCUT2D eigenvalue weighted by molar-refractivity contribution is -0.115. The summed E-state index contributed by atoms with van der Waals surface area (Å²) in [5, 5.41) is 5.11. The molecule has 2 N–H and O–H groups in total. The second-order valence-corrected chi connectivity index (χ2v) is 5.72. The van der Waals surface area contributed by atoms with Gasteiger partial charge in [-0.1, -0.05) is 36.4 Å². The number of rotatable bonds is 5. The van der Waals surface area contributed by atoms with Crippen LogP contribution in [0.4, 0.5) is 10.5 Å². The van der Waals surface area contributed by atoms with E-state index in [0.29, 0.717) is 5.69 Å². The molecular weight excluding hydrogens is 395 g/mol. The van der Waals surface area contributed by atoms with Gasteiger partial charge < -0.3 is 15.4 Å². The van der Waals surface area contributed by atoms with Gasteiger partial charge in [-0.25, -0.2) is 4.79 Å². The zero-order valence-electron chi connectivity index (χ0n) is 11.7. The number of carbonyl (C=O) groups is 2. The van der Waals surface area contributed by atoms with Gasteiger partial charge in [0, 0.05) is 9.26 Å². The van der Waals surface area contributed by atoms with Gasteiger partial charge in [0.05, 0.1) is 0 Å². The zero-order chi connectivity index (χ0) is 15.8. The number of amides is 2. The molecule has 0 spiro atoms. The van der Waals surface area contributed by atoms with E-state index in [9.17, 15) is 9.59 Å². The third-order valence-electron chi connectivity index (χ3n) is 2.71. The van der Waals surface area contributed by atoms with E-state index in [4.69, 9.17) is 4.74 Å². The van der Waals surface area contributed by atoms with E-state index in [-0.39, 0.29) is 19.1 Å². The Morgan fingerprint density at radius 2 is 1.82 bits per heavy atom. The van der Waals surface area contributed by atoms with Gasteiger partial charge in [0.25, 0.3) is 0 Å². The molecule has 2 amide bonds. The second kappa shape index (κ2) is 8.38. The Morgan fingerprint density at radius 3 is 2.55 bits per heavy atom. The molecule has 0 saturated heterocycles. The van der Waals surface area contributed by atoms with Gasteiger partial charge in [0.2, 0.25) is 5.91 Å². The van der Waals surface area contributed by atoms with E-state index in [0.717, 1.165) is 9.13 Å². The lowest BCUT2D eigenvalue weighted by Crippen LogP contribution is -2.33. The Balaban J connectivity index is 1.70. The molecule has 5 nitrogen and oxygen atoms in total. The van der Waals surface area contributed by atoms with Crippen molar-refractivity contribution in [2.75, 3.05) is 11.9 Å². The second-order valence-electron chi connectivity index (χ2n) is 4.47. The minimum absolute atomic E-state index is 0.140. The van der Waals surface area contributed by atoms with Crippen LogP contribution in [0.2, 0.25) is 0 Å². The molecule has 0 aromatic heterocycles. The number of nitrogens with one attached hydrogen (secondary N) is 2. The molecule has 2 rings (SSSR count). The van der Waals surface area contributed by atoms with Gasteiger partial charge in [-0.3, -0.25) is 4.79 Å². The van der Waals surface area contributed by atoms with Crippen molar-refractivity contribution in [1.82, 2.24) is 5.32 Å². The van der Waals surface area contributed by atoms with E-state index in [2.05, 4.69) is 33.2 Å². The van der Waals surface area contributed by atoms with E-state index < -0.39 is 6.09 Å². The Bertz CT molecular complexity index is 647. The van der Waals surface area contributed by atoms with Crippen molar-refractivity contribution in [3.05, 3.63) is 63.7 Å². The molecule has 2 aromatic rings. The molecule has 0 bridgehead atoms. The summed E-state index contributed by atoms with van der Waals surface area (Å²) < 4.78 is 6.04. The molecule has 0 unspecified atom stereocenters. The maximum Gasteiger partial charge on any atom is 0.407 e. The van der Waals surface area contributed by atoms with Crippen molar-refractivity contribution in [3.8, 4) is 0 Å². The van der Waals surface area contributed by atoms with Crippen molar-refractivity contribution in [2.45, 2.75) is 6.61 Å². The van der Waals surface area contributed by atoms with Crippen LogP contribution in [-0.4, -0.2) is 18.5 Å². The van der Waals surface area contributed by atoms with Gasteiger partial charge in [0.1, 0.15) is 13.2 Å². The molecule has 114 valence electrons. The monoisotopic (exact) mass is 410 g/mol.